The summed E-state index contributed by atoms with van der Waals surface area (Å²) in [5.74, 6) is -0.172. The molecule has 1 saturated carbocycles. The van der Waals surface area contributed by atoms with E-state index in [4.69, 9.17) is 4.74 Å². The van der Waals surface area contributed by atoms with Gasteiger partial charge >= 0.3 is 0 Å². The number of halogens is 1. The van der Waals surface area contributed by atoms with Crippen molar-refractivity contribution in [3.05, 3.63) is 29.6 Å². The summed E-state index contributed by atoms with van der Waals surface area (Å²) >= 11 is 0. The number of hydrogen-bond donors (Lipinski definition) is 1. The molecule has 4 heteroatoms. The van der Waals surface area contributed by atoms with Crippen LogP contribution in [0.4, 0.5) is 10.1 Å². The molecule has 1 aromatic rings. The van der Waals surface area contributed by atoms with Gasteiger partial charge in [0, 0.05) is 39.0 Å². The lowest BCUT2D eigenvalue weighted by Gasteiger charge is -2.37. The summed E-state index contributed by atoms with van der Waals surface area (Å²) < 4.78 is 18.4. The highest BCUT2D eigenvalue weighted by Crippen LogP contribution is 2.30. The fraction of sp³-hybridized carbons (Fsp3) is 0.600. The van der Waals surface area contributed by atoms with Crippen LogP contribution in [0.2, 0.25) is 0 Å². The molecule has 1 aliphatic carbocycles. The number of methoxy groups -OCH3 is 1. The van der Waals surface area contributed by atoms with Crippen LogP contribution in [-0.2, 0) is 11.3 Å². The first-order valence-corrected chi connectivity index (χ1v) is 6.93. The highest BCUT2D eigenvalue weighted by Gasteiger charge is 2.23. The summed E-state index contributed by atoms with van der Waals surface area (Å²) in [5, 5.41) is 3.28. The van der Waals surface area contributed by atoms with Crippen molar-refractivity contribution in [2.24, 2.45) is 0 Å². The van der Waals surface area contributed by atoms with E-state index < -0.39 is 0 Å². The van der Waals surface area contributed by atoms with Crippen LogP contribution < -0.4 is 10.2 Å². The summed E-state index contributed by atoms with van der Waals surface area (Å²) in [7, 11) is 3.79. The number of nitrogens with zero attached hydrogens (tertiary/aromatic N) is 1. The molecule has 0 saturated heterocycles. The minimum Gasteiger partial charge on any atom is -0.383 e. The van der Waals surface area contributed by atoms with E-state index >= 15 is 0 Å². The Morgan fingerprint density at radius 3 is 2.84 bits per heavy atom. The molecule has 0 amide bonds. The molecule has 1 aliphatic rings. The van der Waals surface area contributed by atoms with Crippen molar-refractivity contribution in [3.63, 3.8) is 0 Å². The van der Waals surface area contributed by atoms with E-state index in [0.29, 0.717) is 19.2 Å². The lowest BCUT2D eigenvalue weighted by Crippen LogP contribution is -2.38. The maximum absolute atomic E-state index is 13.4. The zero-order valence-electron chi connectivity index (χ0n) is 11.8. The first-order chi connectivity index (χ1) is 9.22. The molecule has 106 valence electrons. The molecular formula is C15H23FN2O. The molecule has 0 radical (unpaired) electrons. The highest BCUT2D eigenvalue weighted by atomic mass is 19.1. The molecule has 1 aromatic carbocycles. The van der Waals surface area contributed by atoms with Gasteiger partial charge < -0.3 is 15.0 Å². The van der Waals surface area contributed by atoms with Crippen molar-refractivity contribution in [2.45, 2.75) is 31.8 Å². The SMILES string of the molecule is COCCNCc1cc(F)ccc1N(C)C1CCC1. The molecule has 1 N–H and O–H groups in total. The molecule has 0 aliphatic heterocycles. The maximum Gasteiger partial charge on any atom is 0.123 e. The second kappa shape index (κ2) is 6.87. The van der Waals surface area contributed by atoms with Crippen LogP contribution in [-0.4, -0.2) is 33.4 Å². The predicted octanol–water partition coefficient (Wildman–Crippen LogP) is 2.55. The van der Waals surface area contributed by atoms with Crippen molar-refractivity contribution in [3.8, 4) is 0 Å². The van der Waals surface area contributed by atoms with Gasteiger partial charge in [-0.25, -0.2) is 4.39 Å². The van der Waals surface area contributed by atoms with E-state index in [2.05, 4.69) is 17.3 Å². The van der Waals surface area contributed by atoms with Gasteiger partial charge in [0.05, 0.1) is 6.61 Å². The van der Waals surface area contributed by atoms with Gasteiger partial charge in [-0.1, -0.05) is 0 Å². The predicted molar refractivity (Wildman–Crippen MR) is 76.0 cm³/mol. The van der Waals surface area contributed by atoms with Crippen LogP contribution in [0.15, 0.2) is 18.2 Å². The molecule has 0 atom stereocenters. The van der Waals surface area contributed by atoms with Gasteiger partial charge in [0.25, 0.3) is 0 Å². The lowest BCUT2D eigenvalue weighted by atomic mass is 9.91. The van der Waals surface area contributed by atoms with Gasteiger partial charge in [-0.3, -0.25) is 0 Å². The van der Waals surface area contributed by atoms with Crippen LogP contribution in [0.5, 0.6) is 0 Å². The van der Waals surface area contributed by atoms with Gasteiger partial charge in [-0.15, -0.1) is 0 Å². The first kappa shape index (κ1) is 14.3. The van der Waals surface area contributed by atoms with Crippen LogP contribution in [0.1, 0.15) is 24.8 Å². The van der Waals surface area contributed by atoms with E-state index in [-0.39, 0.29) is 5.82 Å². The highest BCUT2D eigenvalue weighted by molar-refractivity contribution is 5.54. The van der Waals surface area contributed by atoms with Crippen molar-refractivity contribution < 1.29 is 9.13 Å². The van der Waals surface area contributed by atoms with Gasteiger partial charge in [0.15, 0.2) is 0 Å². The Labute approximate surface area is 114 Å². The Bertz CT molecular complexity index is 407. The van der Waals surface area contributed by atoms with E-state index in [0.717, 1.165) is 17.8 Å². The Balaban J connectivity index is 2.03. The summed E-state index contributed by atoms with van der Waals surface area (Å²) in [6, 6.07) is 5.68. The van der Waals surface area contributed by atoms with E-state index in [1.165, 1.54) is 19.3 Å². The fourth-order valence-corrected chi connectivity index (χ4v) is 2.41. The van der Waals surface area contributed by atoms with Crippen LogP contribution >= 0.6 is 0 Å². The van der Waals surface area contributed by atoms with Crippen LogP contribution in [0, 0.1) is 5.82 Å². The van der Waals surface area contributed by atoms with Gasteiger partial charge in [-0.2, -0.15) is 0 Å². The van der Waals surface area contributed by atoms with Gasteiger partial charge in [-0.05, 0) is 43.0 Å². The molecule has 1 fully saturated rings. The number of rotatable bonds is 7. The van der Waals surface area contributed by atoms with Gasteiger partial charge in [0.2, 0.25) is 0 Å². The minimum absolute atomic E-state index is 0.172. The topological polar surface area (TPSA) is 24.5 Å². The monoisotopic (exact) mass is 266 g/mol. The zero-order chi connectivity index (χ0) is 13.7. The maximum atomic E-state index is 13.4. The molecule has 0 aromatic heterocycles. The van der Waals surface area contributed by atoms with E-state index in [1.807, 2.05) is 6.07 Å². The second-order valence-electron chi connectivity index (χ2n) is 5.14. The Morgan fingerprint density at radius 2 is 2.21 bits per heavy atom. The van der Waals surface area contributed by atoms with Crippen molar-refractivity contribution in [1.29, 1.82) is 0 Å². The first-order valence-electron chi connectivity index (χ1n) is 6.93. The smallest absolute Gasteiger partial charge is 0.123 e. The third-order valence-electron chi connectivity index (χ3n) is 3.84. The number of hydrogen-bond acceptors (Lipinski definition) is 3. The molecule has 2 rings (SSSR count). The average Bonchev–Trinajstić information content (AvgIpc) is 2.32. The molecule has 0 heterocycles. The molecule has 19 heavy (non-hydrogen) atoms. The quantitative estimate of drug-likeness (QED) is 0.768. The second-order valence-corrected chi connectivity index (χ2v) is 5.14. The van der Waals surface area contributed by atoms with Crippen molar-refractivity contribution >= 4 is 5.69 Å². The van der Waals surface area contributed by atoms with Crippen LogP contribution in [0.3, 0.4) is 0 Å². The molecule has 3 nitrogen and oxygen atoms in total. The Hall–Kier alpha value is -1.13. The van der Waals surface area contributed by atoms with Crippen LogP contribution in [0.25, 0.3) is 0 Å². The number of anilines is 1. The van der Waals surface area contributed by atoms with E-state index in [1.54, 1.807) is 19.2 Å². The normalized spacial score (nSPS) is 15.3. The lowest BCUT2D eigenvalue weighted by molar-refractivity contribution is 0.199. The fourth-order valence-electron chi connectivity index (χ4n) is 2.41. The number of ether oxygens (including phenoxy) is 1. The summed E-state index contributed by atoms with van der Waals surface area (Å²) in [6.45, 7) is 2.12. The standard InChI is InChI=1S/C15H23FN2O/c1-18(14-4-3-5-14)15-7-6-13(16)10-12(15)11-17-8-9-19-2/h6-7,10,14,17H,3-5,8-9,11H2,1-2H3. The Morgan fingerprint density at radius 1 is 1.42 bits per heavy atom. The summed E-state index contributed by atoms with van der Waals surface area (Å²) in [5.41, 5.74) is 2.15. The zero-order valence-corrected chi connectivity index (χ0v) is 11.8. The molecule has 0 spiro atoms. The third kappa shape index (κ3) is 3.67. The molecular weight excluding hydrogens is 243 g/mol. The molecule has 0 unspecified atom stereocenters. The average molecular weight is 266 g/mol. The minimum atomic E-state index is -0.172. The van der Waals surface area contributed by atoms with Crippen molar-refractivity contribution in [2.75, 3.05) is 32.2 Å². The number of nitrogens with one attached hydrogen (secondary N) is 1. The third-order valence-corrected chi connectivity index (χ3v) is 3.84. The largest absolute Gasteiger partial charge is 0.383 e. The van der Waals surface area contributed by atoms with Gasteiger partial charge in [0.1, 0.15) is 5.82 Å². The van der Waals surface area contributed by atoms with E-state index in [9.17, 15) is 4.39 Å². The molecule has 0 bridgehead atoms. The number of benzene rings is 1. The van der Waals surface area contributed by atoms with Crippen molar-refractivity contribution in [1.82, 2.24) is 5.32 Å². The summed E-state index contributed by atoms with van der Waals surface area (Å²) in [4.78, 5) is 2.29. The Kier molecular flexibility index (Phi) is 5.16. The summed E-state index contributed by atoms with van der Waals surface area (Å²) in [6.07, 6.45) is 3.78.